The van der Waals surface area contributed by atoms with Crippen molar-refractivity contribution in [2.45, 2.75) is 0 Å². The Balaban J connectivity index is -0.000000107. The van der Waals surface area contributed by atoms with Crippen molar-refractivity contribution in [3.63, 3.8) is 0 Å². The van der Waals surface area contributed by atoms with E-state index in [1.54, 1.807) is 0 Å². The maximum Gasteiger partial charge on any atom is 1.00 e. The van der Waals surface area contributed by atoms with Crippen LogP contribution in [0.2, 0.25) is 0 Å². The zero-order valence-electron chi connectivity index (χ0n) is 7.26. The van der Waals surface area contributed by atoms with Crippen LogP contribution < -0.4 is 40.6 Å². The largest absolute Gasteiger partial charge is 1.00 e. The predicted octanol–water partition coefficient (Wildman–Crippen LogP) is -5.56. The molecule has 0 unspecified atom stereocenters. The molecule has 0 bridgehead atoms. The molecule has 0 spiro atoms. The van der Waals surface area contributed by atoms with Gasteiger partial charge >= 0.3 is 35.5 Å². The third-order valence-corrected chi connectivity index (χ3v) is 0.622. The summed E-state index contributed by atoms with van der Waals surface area (Å²) in [5.41, 5.74) is 4.85. The average molecular weight is 174 g/mol. The number of carbonyl (C=O) groups is 2. The molecular weight excluding hydrogens is 163 g/mol. The van der Waals surface area contributed by atoms with Crippen LogP contribution >= 0.6 is 0 Å². The van der Waals surface area contributed by atoms with Gasteiger partial charge in [0.25, 0.3) is 0 Å². The second-order valence-electron chi connectivity index (χ2n) is 1.37. The number of aliphatic carboxylic acids is 1. The fourth-order valence-corrected chi connectivity index (χ4v) is 0.246. The number of carbonyl (C=O) groups excluding carboxylic acids is 1. The average Bonchev–Trinajstić information content (AvgIpc) is 1.83. The Labute approximate surface area is 87.2 Å². The molecule has 0 saturated carbocycles. The molecule has 0 aromatic rings. The SMILES string of the molecule is NCC(=O)NCC(=O)O.O.[H-].[Na+]. The Morgan fingerprint density at radius 3 is 2.27 bits per heavy atom. The van der Waals surface area contributed by atoms with Gasteiger partial charge in [0, 0.05) is 0 Å². The Morgan fingerprint density at radius 1 is 1.55 bits per heavy atom. The van der Waals surface area contributed by atoms with Crippen molar-refractivity contribution in [2.24, 2.45) is 5.73 Å². The summed E-state index contributed by atoms with van der Waals surface area (Å²) in [4.78, 5) is 20.0. The molecular formula is C4H11N2NaO4. The molecule has 0 aromatic heterocycles. The normalized spacial score (nSPS) is 7.00. The third kappa shape index (κ3) is 12.9. The molecule has 0 aliphatic rings. The predicted molar refractivity (Wildman–Crippen MR) is 34.4 cm³/mol. The summed E-state index contributed by atoms with van der Waals surface area (Å²) < 4.78 is 0. The first-order valence-electron chi connectivity index (χ1n) is 2.35. The maximum absolute atomic E-state index is 10.2. The molecule has 0 radical (unpaired) electrons. The van der Waals surface area contributed by atoms with Gasteiger partial charge in [-0.1, -0.05) is 0 Å². The molecule has 62 valence electrons. The zero-order chi connectivity index (χ0) is 7.28. The Kier molecular flexibility index (Phi) is 15.3. The standard InChI is InChI=1S/C4H8N2O3.Na.H2O.H/c5-1-3(7)6-2-4(8)9;;;/h1-2,5H2,(H,6,7)(H,8,9);;1H2;/q;+1;;-1. The minimum Gasteiger partial charge on any atom is -1.00 e. The van der Waals surface area contributed by atoms with Crippen LogP contribution in [0.25, 0.3) is 0 Å². The maximum atomic E-state index is 10.2. The topological polar surface area (TPSA) is 124 Å². The van der Waals surface area contributed by atoms with Crippen LogP contribution in [0, 0.1) is 0 Å². The molecule has 7 heteroatoms. The number of carboxylic acid groups (broad SMARTS) is 1. The molecule has 0 rings (SSSR count). The monoisotopic (exact) mass is 174 g/mol. The molecule has 0 aromatic carbocycles. The van der Waals surface area contributed by atoms with Crippen molar-refractivity contribution in [3.8, 4) is 0 Å². The fraction of sp³-hybridized carbons (Fsp3) is 0.500. The van der Waals surface area contributed by atoms with Crippen molar-refractivity contribution >= 4 is 11.9 Å². The summed E-state index contributed by atoms with van der Waals surface area (Å²) in [6.45, 7) is -0.538. The number of amides is 1. The van der Waals surface area contributed by atoms with Gasteiger partial charge < -0.3 is 23.1 Å². The summed E-state index contributed by atoms with van der Waals surface area (Å²) >= 11 is 0. The van der Waals surface area contributed by atoms with Crippen LogP contribution in [-0.2, 0) is 9.59 Å². The van der Waals surface area contributed by atoms with E-state index in [9.17, 15) is 9.59 Å². The number of carboxylic acids is 1. The molecule has 0 saturated heterocycles. The van der Waals surface area contributed by atoms with E-state index in [0.717, 1.165) is 0 Å². The van der Waals surface area contributed by atoms with E-state index in [4.69, 9.17) is 10.8 Å². The van der Waals surface area contributed by atoms with Gasteiger partial charge in [0.1, 0.15) is 6.54 Å². The number of nitrogens with one attached hydrogen (secondary N) is 1. The van der Waals surface area contributed by atoms with Gasteiger partial charge in [0.2, 0.25) is 5.91 Å². The van der Waals surface area contributed by atoms with E-state index in [2.05, 4.69) is 5.32 Å². The Morgan fingerprint density at radius 2 is 2.00 bits per heavy atom. The quantitative estimate of drug-likeness (QED) is 0.369. The van der Waals surface area contributed by atoms with E-state index >= 15 is 0 Å². The van der Waals surface area contributed by atoms with E-state index in [1.165, 1.54) is 0 Å². The van der Waals surface area contributed by atoms with Gasteiger partial charge in [-0.15, -0.1) is 0 Å². The van der Waals surface area contributed by atoms with Gasteiger partial charge in [-0.05, 0) is 0 Å². The van der Waals surface area contributed by atoms with Gasteiger partial charge in [-0.2, -0.15) is 0 Å². The number of hydrogen-bond acceptors (Lipinski definition) is 3. The van der Waals surface area contributed by atoms with Gasteiger partial charge in [-0.3, -0.25) is 9.59 Å². The van der Waals surface area contributed by atoms with Crippen LogP contribution in [0.15, 0.2) is 0 Å². The molecule has 0 heterocycles. The van der Waals surface area contributed by atoms with E-state index in [-0.39, 0.29) is 49.5 Å². The molecule has 1 amide bonds. The van der Waals surface area contributed by atoms with Gasteiger partial charge in [0.15, 0.2) is 0 Å². The van der Waals surface area contributed by atoms with Crippen LogP contribution in [0.1, 0.15) is 1.43 Å². The van der Waals surface area contributed by atoms with Crippen molar-refractivity contribution in [1.82, 2.24) is 5.32 Å². The molecule has 6 N–H and O–H groups in total. The second-order valence-corrected chi connectivity index (χ2v) is 1.37. The first-order chi connectivity index (χ1) is 4.16. The molecule has 0 aliphatic heterocycles. The third-order valence-electron chi connectivity index (χ3n) is 0.622. The van der Waals surface area contributed by atoms with Gasteiger partial charge in [-0.25, -0.2) is 0 Å². The van der Waals surface area contributed by atoms with E-state index in [0.29, 0.717) is 0 Å². The van der Waals surface area contributed by atoms with Gasteiger partial charge in [0.05, 0.1) is 6.54 Å². The van der Waals surface area contributed by atoms with E-state index in [1.807, 2.05) is 0 Å². The summed E-state index contributed by atoms with van der Waals surface area (Å²) in [5.74, 6) is -1.53. The van der Waals surface area contributed by atoms with Crippen LogP contribution in [0.4, 0.5) is 0 Å². The summed E-state index contributed by atoms with van der Waals surface area (Å²) in [7, 11) is 0. The minimum absolute atomic E-state index is 0. The van der Waals surface area contributed by atoms with Crippen LogP contribution in [-0.4, -0.2) is 35.5 Å². The number of rotatable bonds is 3. The second kappa shape index (κ2) is 9.86. The minimum atomic E-state index is -1.07. The molecule has 6 nitrogen and oxygen atoms in total. The molecule has 0 fully saturated rings. The fourth-order valence-electron chi connectivity index (χ4n) is 0.246. The number of nitrogens with two attached hydrogens (primary N) is 1. The van der Waals surface area contributed by atoms with Crippen molar-refractivity contribution in [2.75, 3.05) is 13.1 Å². The Hall–Kier alpha value is -0.140. The van der Waals surface area contributed by atoms with Crippen molar-refractivity contribution in [3.05, 3.63) is 0 Å². The van der Waals surface area contributed by atoms with Crippen LogP contribution in [0.5, 0.6) is 0 Å². The molecule has 11 heavy (non-hydrogen) atoms. The first kappa shape index (κ1) is 17.1. The van der Waals surface area contributed by atoms with Crippen LogP contribution in [0.3, 0.4) is 0 Å². The smallest absolute Gasteiger partial charge is 1.00 e. The summed E-state index contributed by atoms with van der Waals surface area (Å²) in [6, 6.07) is 0. The summed E-state index contributed by atoms with van der Waals surface area (Å²) in [6.07, 6.45) is 0. The Bertz CT molecular complexity index is 134. The number of hydrogen-bond donors (Lipinski definition) is 3. The molecule has 0 atom stereocenters. The van der Waals surface area contributed by atoms with E-state index < -0.39 is 11.9 Å². The van der Waals surface area contributed by atoms with Crippen molar-refractivity contribution in [1.29, 1.82) is 0 Å². The van der Waals surface area contributed by atoms with Crippen molar-refractivity contribution < 1.29 is 51.2 Å². The first-order valence-corrected chi connectivity index (χ1v) is 2.35. The molecule has 0 aliphatic carbocycles. The zero-order valence-corrected chi connectivity index (χ0v) is 8.26. The summed E-state index contributed by atoms with van der Waals surface area (Å²) in [5, 5.41) is 10.1.